The Labute approximate surface area is 90.9 Å². The largest absolute Gasteiger partial charge is 0.487 e. The summed E-state index contributed by atoms with van der Waals surface area (Å²) in [5.74, 6) is 0.837. The van der Waals surface area contributed by atoms with E-state index in [9.17, 15) is 5.11 Å². The van der Waals surface area contributed by atoms with Crippen molar-refractivity contribution in [1.82, 2.24) is 0 Å². The molecule has 1 unspecified atom stereocenters. The summed E-state index contributed by atoms with van der Waals surface area (Å²) in [5.41, 5.74) is 1.87. The molecule has 0 fully saturated rings. The number of aryl methyl sites for hydroxylation is 1. The van der Waals surface area contributed by atoms with Crippen LogP contribution in [0.1, 0.15) is 43.9 Å². The average molecular weight is 206 g/mol. The highest BCUT2D eigenvalue weighted by Gasteiger charge is 2.34. The zero-order chi connectivity index (χ0) is 11.1. The second-order valence-corrected chi connectivity index (χ2v) is 4.67. The molecule has 1 aromatic rings. The summed E-state index contributed by atoms with van der Waals surface area (Å²) in [6.45, 7) is 6.17. The topological polar surface area (TPSA) is 29.5 Å². The Morgan fingerprint density at radius 2 is 2.27 bits per heavy atom. The van der Waals surface area contributed by atoms with Gasteiger partial charge in [-0.15, -0.1) is 0 Å². The first-order valence-corrected chi connectivity index (χ1v) is 5.52. The first-order chi connectivity index (χ1) is 7.04. The average Bonchev–Trinajstić information content (AvgIpc) is 2.20. The summed E-state index contributed by atoms with van der Waals surface area (Å²) in [7, 11) is 0. The Hall–Kier alpha value is -1.02. The molecule has 0 aromatic heterocycles. The quantitative estimate of drug-likeness (QED) is 0.765. The van der Waals surface area contributed by atoms with E-state index in [-0.39, 0.29) is 5.60 Å². The molecule has 1 heterocycles. The van der Waals surface area contributed by atoms with Crippen molar-refractivity contribution >= 4 is 0 Å². The summed E-state index contributed by atoms with van der Waals surface area (Å²) < 4.78 is 5.93. The van der Waals surface area contributed by atoms with Crippen LogP contribution in [0.5, 0.6) is 5.75 Å². The lowest BCUT2D eigenvalue weighted by Gasteiger charge is -2.37. The maximum atomic E-state index is 10.1. The van der Waals surface area contributed by atoms with Crippen LogP contribution in [0.3, 0.4) is 0 Å². The molecule has 82 valence electrons. The van der Waals surface area contributed by atoms with Gasteiger partial charge in [0, 0.05) is 12.0 Å². The van der Waals surface area contributed by atoms with Crippen molar-refractivity contribution in [3.63, 3.8) is 0 Å². The highest BCUT2D eigenvalue weighted by molar-refractivity contribution is 5.40. The summed E-state index contributed by atoms with van der Waals surface area (Å²) in [4.78, 5) is 0. The molecule has 1 aromatic carbocycles. The number of benzene rings is 1. The lowest BCUT2D eigenvalue weighted by Crippen LogP contribution is -2.37. The van der Waals surface area contributed by atoms with Gasteiger partial charge in [-0.2, -0.15) is 0 Å². The van der Waals surface area contributed by atoms with E-state index in [2.05, 4.69) is 13.8 Å². The lowest BCUT2D eigenvalue weighted by atomic mass is 9.88. The van der Waals surface area contributed by atoms with Gasteiger partial charge in [0.05, 0.1) is 6.10 Å². The van der Waals surface area contributed by atoms with Crippen LogP contribution in [0.15, 0.2) is 18.2 Å². The third-order valence-electron chi connectivity index (χ3n) is 3.25. The van der Waals surface area contributed by atoms with Crippen molar-refractivity contribution in [3.05, 3.63) is 29.3 Å². The van der Waals surface area contributed by atoms with Crippen LogP contribution >= 0.6 is 0 Å². The molecule has 0 saturated carbocycles. The molecule has 0 bridgehead atoms. The fourth-order valence-electron chi connectivity index (χ4n) is 2.06. The summed E-state index contributed by atoms with van der Waals surface area (Å²) >= 11 is 0. The normalized spacial score (nSPS) is 29.5. The molecule has 2 heteroatoms. The van der Waals surface area contributed by atoms with Gasteiger partial charge in [-0.05, 0) is 32.4 Å². The Balaban J connectivity index is 2.41. The Morgan fingerprint density at radius 3 is 2.93 bits per heavy atom. The predicted molar refractivity (Wildman–Crippen MR) is 60.1 cm³/mol. The molecule has 0 amide bonds. The van der Waals surface area contributed by atoms with Crippen molar-refractivity contribution in [2.75, 3.05) is 0 Å². The minimum Gasteiger partial charge on any atom is -0.487 e. The van der Waals surface area contributed by atoms with Gasteiger partial charge in [0.2, 0.25) is 0 Å². The van der Waals surface area contributed by atoms with E-state index in [0.29, 0.717) is 6.42 Å². The van der Waals surface area contributed by atoms with Crippen LogP contribution < -0.4 is 4.74 Å². The van der Waals surface area contributed by atoms with Crippen molar-refractivity contribution < 1.29 is 9.84 Å². The van der Waals surface area contributed by atoms with E-state index < -0.39 is 6.10 Å². The molecule has 1 aliphatic rings. The second kappa shape index (κ2) is 3.53. The summed E-state index contributed by atoms with van der Waals surface area (Å²) in [5, 5.41) is 10.1. The van der Waals surface area contributed by atoms with Crippen molar-refractivity contribution in [3.8, 4) is 5.75 Å². The number of aliphatic hydroxyl groups excluding tert-OH is 1. The fourth-order valence-corrected chi connectivity index (χ4v) is 2.06. The third-order valence-corrected chi connectivity index (χ3v) is 3.25. The van der Waals surface area contributed by atoms with E-state index in [4.69, 9.17) is 4.74 Å². The van der Waals surface area contributed by atoms with Gasteiger partial charge < -0.3 is 9.84 Å². The van der Waals surface area contributed by atoms with Crippen LogP contribution in [0.4, 0.5) is 0 Å². The number of aliphatic hydroxyl groups is 1. The van der Waals surface area contributed by atoms with E-state index >= 15 is 0 Å². The number of hydrogen-bond donors (Lipinski definition) is 1. The minimum absolute atomic E-state index is 0.221. The monoisotopic (exact) mass is 206 g/mol. The molecule has 0 saturated heterocycles. The highest BCUT2D eigenvalue weighted by Crippen LogP contribution is 2.41. The van der Waals surface area contributed by atoms with E-state index in [0.717, 1.165) is 23.3 Å². The predicted octanol–water partition coefficient (Wildman–Crippen LogP) is 2.98. The molecule has 1 aliphatic heterocycles. The molecule has 0 spiro atoms. The molecule has 0 radical (unpaired) electrons. The molecule has 1 N–H and O–H groups in total. The third kappa shape index (κ3) is 1.86. The maximum absolute atomic E-state index is 10.1. The van der Waals surface area contributed by atoms with Crippen LogP contribution in [0.2, 0.25) is 0 Å². The molecule has 2 rings (SSSR count). The summed E-state index contributed by atoms with van der Waals surface area (Å²) in [6.07, 6.45) is 1.20. The smallest absolute Gasteiger partial charge is 0.125 e. The van der Waals surface area contributed by atoms with Gasteiger partial charge in [0.25, 0.3) is 0 Å². The van der Waals surface area contributed by atoms with Crippen molar-refractivity contribution in [2.24, 2.45) is 0 Å². The number of hydrogen-bond acceptors (Lipinski definition) is 2. The van der Waals surface area contributed by atoms with Crippen LogP contribution in [-0.4, -0.2) is 10.7 Å². The highest BCUT2D eigenvalue weighted by atomic mass is 16.5. The molecule has 0 aliphatic carbocycles. The Kier molecular flexibility index (Phi) is 2.47. The van der Waals surface area contributed by atoms with E-state index in [1.165, 1.54) is 0 Å². The molecular weight excluding hydrogens is 188 g/mol. The minimum atomic E-state index is -0.390. The lowest BCUT2D eigenvalue weighted by molar-refractivity contribution is -0.00381. The van der Waals surface area contributed by atoms with Gasteiger partial charge in [0.1, 0.15) is 11.4 Å². The van der Waals surface area contributed by atoms with Crippen LogP contribution in [0, 0.1) is 6.92 Å². The van der Waals surface area contributed by atoms with Gasteiger partial charge in [-0.3, -0.25) is 0 Å². The molecule has 15 heavy (non-hydrogen) atoms. The van der Waals surface area contributed by atoms with Gasteiger partial charge in [-0.25, -0.2) is 0 Å². The fraction of sp³-hybridized carbons (Fsp3) is 0.538. The number of ether oxygens (including phenoxy) is 1. The standard InChI is InChI=1S/C13H18O2/c1-4-13(3)8-11(14)10-7-9(2)5-6-12(10)15-13/h5-7,11,14H,4,8H2,1-3H3/t11-,13?/m0/s1. The maximum Gasteiger partial charge on any atom is 0.125 e. The van der Waals surface area contributed by atoms with Crippen molar-refractivity contribution in [2.45, 2.75) is 45.3 Å². The SMILES string of the molecule is CCC1(C)C[C@H](O)c2cc(C)ccc2O1. The van der Waals surface area contributed by atoms with Crippen molar-refractivity contribution in [1.29, 1.82) is 0 Å². The van der Waals surface area contributed by atoms with Gasteiger partial charge >= 0.3 is 0 Å². The zero-order valence-corrected chi connectivity index (χ0v) is 9.58. The molecular formula is C13H18O2. The molecule has 2 nitrogen and oxygen atoms in total. The summed E-state index contributed by atoms with van der Waals surface area (Å²) in [6, 6.07) is 5.99. The Morgan fingerprint density at radius 1 is 1.53 bits per heavy atom. The number of fused-ring (bicyclic) bond motifs is 1. The van der Waals surface area contributed by atoms with Gasteiger partial charge in [0.15, 0.2) is 0 Å². The molecule has 2 atom stereocenters. The van der Waals surface area contributed by atoms with E-state index in [1.807, 2.05) is 25.1 Å². The Bertz CT molecular complexity index is 373. The van der Waals surface area contributed by atoms with Gasteiger partial charge in [-0.1, -0.05) is 18.6 Å². The second-order valence-electron chi connectivity index (χ2n) is 4.67. The first kappa shape index (κ1) is 10.5. The van der Waals surface area contributed by atoms with E-state index in [1.54, 1.807) is 0 Å². The van der Waals surface area contributed by atoms with Crippen LogP contribution in [0.25, 0.3) is 0 Å². The number of rotatable bonds is 1. The zero-order valence-electron chi connectivity index (χ0n) is 9.58. The van der Waals surface area contributed by atoms with Crippen LogP contribution in [-0.2, 0) is 0 Å². The first-order valence-electron chi connectivity index (χ1n) is 5.52.